The van der Waals surface area contributed by atoms with Crippen LogP contribution in [0.1, 0.15) is 46.0 Å². The van der Waals surface area contributed by atoms with Crippen LogP contribution in [-0.4, -0.2) is 23.8 Å². The van der Waals surface area contributed by atoms with E-state index in [1.54, 1.807) is 0 Å². The van der Waals surface area contributed by atoms with Gasteiger partial charge in [0.1, 0.15) is 0 Å². The van der Waals surface area contributed by atoms with E-state index >= 15 is 0 Å². The second-order valence-electron chi connectivity index (χ2n) is 5.62. The minimum Gasteiger partial charge on any atom is -0.352 e. The molecule has 1 amide bonds. The highest BCUT2D eigenvalue weighted by molar-refractivity contribution is 6.18. The van der Waals surface area contributed by atoms with E-state index in [2.05, 4.69) is 19.2 Å². The van der Waals surface area contributed by atoms with Crippen molar-refractivity contribution in [3.8, 4) is 0 Å². The van der Waals surface area contributed by atoms with Crippen molar-refractivity contribution in [2.45, 2.75) is 57.9 Å². The number of carbonyl (C=O) groups is 1. The van der Waals surface area contributed by atoms with E-state index in [1.807, 2.05) is 0 Å². The van der Waals surface area contributed by atoms with Gasteiger partial charge < -0.3 is 5.32 Å². The summed E-state index contributed by atoms with van der Waals surface area (Å²) in [5.41, 5.74) is 0. The quantitative estimate of drug-likeness (QED) is 0.767. The highest BCUT2D eigenvalue weighted by atomic mass is 35.5. The van der Waals surface area contributed by atoms with Gasteiger partial charge in [0.25, 0.3) is 0 Å². The maximum atomic E-state index is 13.0. The predicted molar refractivity (Wildman–Crippen MR) is 69.0 cm³/mol. The second kappa shape index (κ2) is 6.69. The molecule has 18 heavy (non-hydrogen) atoms. The highest BCUT2D eigenvalue weighted by Gasteiger charge is 2.37. The summed E-state index contributed by atoms with van der Waals surface area (Å²) in [6.07, 6.45) is 1.00. The van der Waals surface area contributed by atoms with Crippen LogP contribution < -0.4 is 5.32 Å². The van der Waals surface area contributed by atoms with Gasteiger partial charge in [-0.15, -0.1) is 11.6 Å². The number of hydrogen-bond acceptors (Lipinski definition) is 1. The van der Waals surface area contributed by atoms with Gasteiger partial charge in [0.2, 0.25) is 11.8 Å². The van der Waals surface area contributed by atoms with Gasteiger partial charge >= 0.3 is 0 Å². The molecule has 5 heteroatoms. The molecule has 0 bridgehead atoms. The fourth-order valence-electron chi connectivity index (χ4n) is 2.35. The van der Waals surface area contributed by atoms with E-state index < -0.39 is 5.92 Å². The fourth-order valence-corrected chi connectivity index (χ4v) is 2.55. The van der Waals surface area contributed by atoms with Crippen molar-refractivity contribution in [3.63, 3.8) is 0 Å². The molecule has 0 aliphatic heterocycles. The van der Waals surface area contributed by atoms with Crippen molar-refractivity contribution in [3.05, 3.63) is 0 Å². The Morgan fingerprint density at radius 1 is 1.39 bits per heavy atom. The van der Waals surface area contributed by atoms with Crippen LogP contribution >= 0.6 is 11.6 Å². The first-order valence-electron chi connectivity index (χ1n) is 6.58. The Bertz CT molecular complexity index is 274. The number of alkyl halides is 3. The van der Waals surface area contributed by atoms with Crippen molar-refractivity contribution < 1.29 is 13.6 Å². The third-order valence-electron chi connectivity index (χ3n) is 3.38. The van der Waals surface area contributed by atoms with Gasteiger partial charge in [-0.1, -0.05) is 13.8 Å². The lowest BCUT2D eigenvalue weighted by Crippen LogP contribution is -2.42. The summed E-state index contributed by atoms with van der Waals surface area (Å²) in [7, 11) is 0. The van der Waals surface area contributed by atoms with E-state index in [0.29, 0.717) is 11.8 Å². The molecule has 1 unspecified atom stereocenters. The van der Waals surface area contributed by atoms with Crippen LogP contribution in [0.3, 0.4) is 0 Å². The topological polar surface area (TPSA) is 29.1 Å². The smallest absolute Gasteiger partial charge is 0.248 e. The largest absolute Gasteiger partial charge is 0.352 e. The minimum atomic E-state index is -2.58. The second-order valence-corrected chi connectivity index (χ2v) is 5.93. The van der Waals surface area contributed by atoms with Crippen molar-refractivity contribution in [1.29, 1.82) is 0 Å². The SMILES string of the molecule is CC(C)CC(CCl)NC(=O)C1CCC(F)(F)CC1. The Hall–Kier alpha value is -0.380. The number of carbonyl (C=O) groups excluding carboxylic acids is 1. The molecule has 0 aromatic heterocycles. The third-order valence-corrected chi connectivity index (χ3v) is 3.75. The predicted octanol–water partition coefficient (Wildman–Crippen LogP) is 3.58. The van der Waals surface area contributed by atoms with Crippen LogP contribution in [0, 0.1) is 11.8 Å². The first kappa shape index (κ1) is 15.7. The van der Waals surface area contributed by atoms with Crippen molar-refractivity contribution in [1.82, 2.24) is 5.32 Å². The first-order valence-corrected chi connectivity index (χ1v) is 7.11. The van der Waals surface area contributed by atoms with Gasteiger partial charge in [0.15, 0.2) is 0 Å². The average molecular weight is 282 g/mol. The highest BCUT2D eigenvalue weighted by Crippen LogP contribution is 2.36. The molecule has 1 aliphatic carbocycles. The van der Waals surface area contributed by atoms with Crippen LogP contribution in [0.2, 0.25) is 0 Å². The van der Waals surface area contributed by atoms with Crippen LogP contribution in [0.25, 0.3) is 0 Å². The summed E-state index contributed by atoms with van der Waals surface area (Å²) >= 11 is 5.81. The van der Waals surface area contributed by atoms with Gasteiger partial charge in [0, 0.05) is 30.7 Å². The molecule has 0 radical (unpaired) electrons. The van der Waals surface area contributed by atoms with Crippen LogP contribution in [0.5, 0.6) is 0 Å². The molecule has 1 fully saturated rings. The van der Waals surface area contributed by atoms with Gasteiger partial charge in [-0.2, -0.15) is 0 Å². The third kappa shape index (κ3) is 5.09. The molecule has 106 valence electrons. The molecule has 0 aromatic carbocycles. The number of rotatable bonds is 5. The minimum absolute atomic E-state index is 0.0541. The normalized spacial score (nSPS) is 21.9. The zero-order chi connectivity index (χ0) is 13.8. The molecule has 0 aromatic rings. The van der Waals surface area contributed by atoms with Gasteiger partial charge in [-0.05, 0) is 25.2 Å². The number of hydrogen-bond donors (Lipinski definition) is 1. The summed E-state index contributed by atoms with van der Waals surface area (Å²) in [5.74, 6) is -2.16. The molecule has 0 heterocycles. The Labute approximate surface area is 112 Å². The molecular formula is C13H22ClF2NO. The Morgan fingerprint density at radius 2 is 1.94 bits per heavy atom. The summed E-state index contributed by atoms with van der Waals surface area (Å²) in [5, 5.41) is 2.88. The number of amides is 1. The summed E-state index contributed by atoms with van der Waals surface area (Å²) in [6, 6.07) is -0.0541. The van der Waals surface area contributed by atoms with Gasteiger partial charge in [0.05, 0.1) is 0 Å². The Morgan fingerprint density at radius 3 is 2.39 bits per heavy atom. The van der Waals surface area contributed by atoms with Crippen LogP contribution in [0.15, 0.2) is 0 Å². The fraction of sp³-hybridized carbons (Fsp3) is 0.923. The average Bonchev–Trinajstić information content (AvgIpc) is 2.27. The molecule has 1 saturated carbocycles. The van der Waals surface area contributed by atoms with Crippen molar-refractivity contribution in [2.24, 2.45) is 11.8 Å². The lowest BCUT2D eigenvalue weighted by molar-refractivity contribution is -0.129. The van der Waals surface area contributed by atoms with Crippen molar-refractivity contribution >= 4 is 17.5 Å². The maximum absolute atomic E-state index is 13.0. The molecule has 0 spiro atoms. The Kier molecular flexibility index (Phi) is 5.83. The Balaban J connectivity index is 2.40. The molecule has 2 nitrogen and oxygen atoms in total. The lowest BCUT2D eigenvalue weighted by Gasteiger charge is -2.29. The van der Waals surface area contributed by atoms with E-state index in [4.69, 9.17) is 11.6 Å². The zero-order valence-electron chi connectivity index (χ0n) is 11.0. The number of halogens is 3. The lowest BCUT2D eigenvalue weighted by atomic mass is 9.86. The summed E-state index contributed by atoms with van der Waals surface area (Å²) < 4.78 is 26.0. The van der Waals surface area contributed by atoms with E-state index in [0.717, 1.165) is 6.42 Å². The molecular weight excluding hydrogens is 260 g/mol. The van der Waals surface area contributed by atoms with E-state index in [9.17, 15) is 13.6 Å². The van der Waals surface area contributed by atoms with Crippen LogP contribution in [0.4, 0.5) is 8.78 Å². The van der Waals surface area contributed by atoms with Crippen molar-refractivity contribution in [2.75, 3.05) is 5.88 Å². The standard InChI is InChI=1S/C13H22ClF2NO/c1-9(2)7-11(8-14)17-12(18)10-3-5-13(15,16)6-4-10/h9-11H,3-8H2,1-2H3,(H,17,18). The number of nitrogens with one attached hydrogen (secondary N) is 1. The van der Waals surface area contributed by atoms with Gasteiger partial charge in [-0.25, -0.2) is 8.78 Å². The monoisotopic (exact) mass is 281 g/mol. The molecule has 1 N–H and O–H groups in total. The molecule has 1 atom stereocenters. The maximum Gasteiger partial charge on any atom is 0.248 e. The first-order chi connectivity index (χ1) is 8.34. The van der Waals surface area contributed by atoms with Gasteiger partial charge in [-0.3, -0.25) is 4.79 Å². The molecule has 1 rings (SSSR count). The zero-order valence-corrected chi connectivity index (χ0v) is 11.8. The van der Waals surface area contributed by atoms with Crippen LogP contribution in [-0.2, 0) is 4.79 Å². The molecule has 0 saturated heterocycles. The van der Waals surface area contributed by atoms with E-state index in [1.165, 1.54) is 0 Å². The molecule has 1 aliphatic rings. The summed E-state index contributed by atoms with van der Waals surface area (Å²) in [4.78, 5) is 11.9. The summed E-state index contributed by atoms with van der Waals surface area (Å²) in [6.45, 7) is 4.12. The van der Waals surface area contributed by atoms with E-state index in [-0.39, 0.29) is 43.6 Å².